The van der Waals surface area contributed by atoms with E-state index in [1.54, 1.807) is 31.7 Å². The molecule has 0 aromatic carbocycles. The van der Waals surface area contributed by atoms with Crippen molar-refractivity contribution in [2.45, 2.75) is 45.7 Å². The first-order valence-electron chi connectivity index (χ1n) is 6.18. The molecule has 1 aliphatic rings. The van der Waals surface area contributed by atoms with Crippen LogP contribution in [0.25, 0.3) is 0 Å². The lowest BCUT2D eigenvalue weighted by Crippen LogP contribution is -2.53. The maximum atomic E-state index is 12.1. The molecular weight excluding hydrogens is 232 g/mol. The maximum Gasteiger partial charge on any atom is 0.326 e. The number of carboxylic acids is 1. The number of carbonyl (C=O) groups is 2. The van der Waals surface area contributed by atoms with Gasteiger partial charge in [0.15, 0.2) is 0 Å². The molecular formula is C13H22N2O3. The second-order valence-electron chi connectivity index (χ2n) is 5.76. The van der Waals surface area contributed by atoms with Gasteiger partial charge >= 0.3 is 12.0 Å². The summed E-state index contributed by atoms with van der Waals surface area (Å²) in [6.07, 6.45) is 3.62. The summed E-state index contributed by atoms with van der Waals surface area (Å²) in [6, 6.07) is -0.979. The lowest BCUT2D eigenvalue weighted by atomic mass is 9.87. The number of aliphatic carboxylic acids is 1. The van der Waals surface area contributed by atoms with Gasteiger partial charge in [0, 0.05) is 12.6 Å². The Hall–Kier alpha value is -1.52. The molecule has 5 nitrogen and oxygen atoms in total. The predicted octanol–water partition coefficient (Wildman–Crippen LogP) is 1.85. The van der Waals surface area contributed by atoms with Crippen LogP contribution in [-0.4, -0.2) is 40.6 Å². The summed E-state index contributed by atoms with van der Waals surface area (Å²) in [6.45, 7) is 9.45. The van der Waals surface area contributed by atoms with Gasteiger partial charge in [-0.2, -0.15) is 0 Å². The number of hydrogen-bond donors (Lipinski definition) is 2. The molecule has 1 rings (SSSR count). The number of rotatable bonds is 5. The molecule has 0 radical (unpaired) electrons. The Morgan fingerprint density at radius 1 is 1.50 bits per heavy atom. The molecule has 1 aliphatic carbocycles. The Kier molecular flexibility index (Phi) is 4.38. The lowest BCUT2D eigenvalue weighted by Gasteiger charge is -2.30. The Labute approximate surface area is 108 Å². The zero-order valence-electron chi connectivity index (χ0n) is 11.3. The molecule has 0 bridgehead atoms. The van der Waals surface area contributed by atoms with Crippen molar-refractivity contribution in [3.05, 3.63) is 12.7 Å². The third-order valence-corrected chi connectivity index (χ3v) is 2.96. The van der Waals surface area contributed by atoms with Crippen molar-refractivity contribution in [2.75, 3.05) is 6.54 Å². The van der Waals surface area contributed by atoms with E-state index in [-0.39, 0.29) is 12.1 Å². The van der Waals surface area contributed by atoms with E-state index in [0.29, 0.717) is 6.54 Å². The van der Waals surface area contributed by atoms with Gasteiger partial charge in [-0.3, -0.25) is 0 Å². The quantitative estimate of drug-likeness (QED) is 0.735. The average molecular weight is 254 g/mol. The van der Waals surface area contributed by atoms with Crippen molar-refractivity contribution in [1.29, 1.82) is 0 Å². The number of carbonyl (C=O) groups excluding carboxylic acids is 1. The molecule has 0 unspecified atom stereocenters. The van der Waals surface area contributed by atoms with E-state index in [9.17, 15) is 14.7 Å². The molecule has 102 valence electrons. The predicted molar refractivity (Wildman–Crippen MR) is 69.3 cm³/mol. The second-order valence-corrected chi connectivity index (χ2v) is 5.76. The van der Waals surface area contributed by atoms with Crippen molar-refractivity contribution in [3.63, 3.8) is 0 Å². The van der Waals surface area contributed by atoms with E-state index in [4.69, 9.17) is 0 Å². The van der Waals surface area contributed by atoms with E-state index in [1.165, 1.54) is 0 Å². The fourth-order valence-electron chi connectivity index (χ4n) is 1.78. The van der Waals surface area contributed by atoms with Crippen LogP contribution in [-0.2, 0) is 4.79 Å². The Balaban J connectivity index is 2.70. The summed E-state index contributed by atoms with van der Waals surface area (Å²) < 4.78 is 0. The number of nitrogens with one attached hydrogen (secondary N) is 1. The van der Waals surface area contributed by atoms with Crippen molar-refractivity contribution < 1.29 is 14.7 Å². The highest BCUT2D eigenvalue weighted by atomic mass is 16.4. The molecule has 0 aromatic heterocycles. The topological polar surface area (TPSA) is 69.6 Å². The molecule has 0 aliphatic heterocycles. The SMILES string of the molecule is C=CCN(C(=O)N[C@@H](C(=O)O)C(C)(C)C)C1CC1. The average Bonchev–Trinajstić information content (AvgIpc) is 3.03. The first-order chi connectivity index (χ1) is 8.27. The van der Waals surface area contributed by atoms with Crippen LogP contribution >= 0.6 is 0 Å². The highest BCUT2D eigenvalue weighted by Gasteiger charge is 2.37. The maximum absolute atomic E-state index is 12.1. The van der Waals surface area contributed by atoms with Crippen LogP contribution in [0.2, 0.25) is 0 Å². The van der Waals surface area contributed by atoms with E-state index < -0.39 is 17.4 Å². The van der Waals surface area contributed by atoms with Crippen LogP contribution in [0.3, 0.4) is 0 Å². The normalized spacial score (nSPS) is 16.8. The van der Waals surface area contributed by atoms with Gasteiger partial charge in [0.1, 0.15) is 6.04 Å². The number of amides is 2. The lowest BCUT2D eigenvalue weighted by molar-refractivity contribution is -0.142. The highest BCUT2D eigenvalue weighted by molar-refractivity contribution is 5.83. The largest absolute Gasteiger partial charge is 0.480 e. The minimum absolute atomic E-state index is 0.234. The summed E-state index contributed by atoms with van der Waals surface area (Å²) in [5.41, 5.74) is -0.523. The van der Waals surface area contributed by atoms with Crippen LogP contribution in [0.5, 0.6) is 0 Å². The summed E-state index contributed by atoms with van der Waals surface area (Å²) in [5, 5.41) is 11.8. The molecule has 1 atom stereocenters. The second kappa shape index (κ2) is 5.42. The van der Waals surface area contributed by atoms with Crippen molar-refractivity contribution in [2.24, 2.45) is 5.41 Å². The molecule has 5 heteroatoms. The van der Waals surface area contributed by atoms with E-state index in [1.807, 2.05) is 0 Å². The molecule has 2 amide bonds. The number of carboxylic acid groups (broad SMARTS) is 1. The summed E-state index contributed by atoms with van der Waals surface area (Å²) in [4.78, 5) is 24.9. The van der Waals surface area contributed by atoms with Crippen molar-refractivity contribution >= 4 is 12.0 Å². The third kappa shape index (κ3) is 3.75. The van der Waals surface area contributed by atoms with Crippen LogP contribution < -0.4 is 5.32 Å². The highest BCUT2D eigenvalue weighted by Crippen LogP contribution is 2.27. The van der Waals surface area contributed by atoms with Gasteiger partial charge < -0.3 is 15.3 Å². The fourth-order valence-corrected chi connectivity index (χ4v) is 1.78. The van der Waals surface area contributed by atoms with Crippen LogP contribution in [0.4, 0.5) is 4.79 Å². The molecule has 18 heavy (non-hydrogen) atoms. The number of hydrogen-bond acceptors (Lipinski definition) is 2. The van der Waals surface area contributed by atoms with Gasteiger partial charge in [0.05, 0.1) is 0 Å². The molecule has 0 spiro atoms. The first-order valence-corrected chi connectivity index (χ1v) is 6.18. The fraction of sp³-hybridized carbons (Fsp3) is 0.692. The zero-order chi connectivity index (χ0) is 13.9. The van der Waals surface area contributed by atoms with Crippen LogP contribution in [0, 0.1) is 5.41 Å². The van der Waals surface area contributed by atoms with Crippen LogP contribution in [0.15, 0.2) is 12.7 Å². The zero-order valence-corrected chi connectivity index (χ0v) is 11.3. The Morgan fingerprint density at radius 2 is 2.06 bits per heavy atom. The monoisotopic (exact) mass is 254 g/mol. The minimum Gasteiger partial charge on any atom is -0.480 e. The van der Waals surface area contributed by atoms with Crippen LogP contribution in [0.1, 0.15) is 33.6 Å². The first kappa shape index (κ1) is 14.5. The molecule has 1 fully saturated rings. The van der Waals surface area contributed by atoms with E-state index in [2.05, 4.69) is 11.9 Å². The number of urea groups is 1. The Bertz CT molecular complexity index is 343. The Morgan fingerprint density at radius 3 is 2.39 bits per heavy atom. The smallest absolute Gasteiger partial charge is 0.326 e. The van der Waals surface area contributed by atoms with E-state index >= 15 is 0 Å². The van der Waals surface area contributed by atoms with Crippen molar-refractivity contribution in [3.8, 4) is 0 Å². The van der Waals surface area contributed by atoms with Gasteiger partial charge in [-0.15, -0.1) is 6.58 Å². The molecule has 0 saturated heterocycles. The molecule has 1 saturated carbocycles. The van der Waals surface area contributed by atoms with Gasteiger partial charge in [-0.1, -0.05) is 26.8 Å². The standard InChI is InChI=1S/C13H22N2O3/c1-5-8-15(9-6-7-9)12(18)14-10(11(16)17)13(2,3)4/h5,9-10H,1,6-8H2,2-4H3,(H,14,18)(H,16,17)/t10-/m0/s1. The third-order valence-electron chi connectivity index (χ3n) is 2.96. The van der Waals surface area contributed by atoms with Gasteiger partial charge in [-0.05, 0) is 18.3 Å². The van der Waals surface area contributed by atoms with E-state index in [0.717, 1.165) is 12.8 Å². The molecule has 2 N–H and O–H groups in total. The number of nitrogens with zero attached hydrogens (tertiary/aromatic N) is 1. The van der Waals surface area contributed by atoms with Gasteiger partial charge in [0.2, 0.25) is 0 Å². The summed E-state index contributed by atoms with van der Waals surface area (Å²) >= 11 is 0. The van der Waals surface area contributed by atoms with Gasteiger partial charge in [0.25, 0.3) is 0 Å². The summed E-state index contributed by atoms with van der Waals surface area (Å²) in [7, 11) is 0. The van der Waals surface area contributed by atoms with Crippen molar-refractivity contribution in [1.82, 2.24) is 10.2 Å². The molecule has 0 heterocycles. The minimum atomic E-state index is -1.01. The van der Waals surface area contributed by atoms with Gasteiger partial charge in [-0.25, -0.2) is 9.59 Å². The summed E-state index contributed by atoms with van der Waals surface area (Å²) in [5.74, 6) is -1.01. The molecule has 0 aromatic rings.